The molecule has 0 atom stereocenters. The molecular weight excluding hydrogens is 442 g/mol. The van der Waals surface area contributed by atoms with Gasteiger partial charge in [-0.15, -0.1) is 11.3 Å². The van der Waals surface area contributed by atoms with Crippen LogP contribution in [0.5, 0.6) is 0 Å². The van der Waals surface area contributed by atoms with Gasteiger partial charge < -0.3 is 15.0 Å². The number of hydrogen-bond donors (Lipinski definition) is 1. The van der Waals surface area contributed by atoms with Crippen molar-refractivity contribution in [2.45, 2.75) is 13.5 Å². The van der Waals surface area contributed by atoms with Crippen molar-refractivity contribution in [3.05, 3.63) is 63.8 Å². The topological polar surface area (TPSA) is 61.9 Å². The zero-order valence-electron chi connectivity index (χ0n) is 18.3. The summed E-state index contributed by atoms with van der Waals surface area (Å²) in [7, 11) is 1.92. The van der Waals surface area contributed by atoms with Crippen LogP contribution in [0.15, 0.2) is 47.2 Å². The molecule has 32 heavy (non-hydrogen) atoms. The largest absolute Gasteiger partial charge is 0.378 e. The molecule has 3 aromatic rings. The number of likely N-dealkylation sites (N-methyl/N-ethyl adjacent to an activating group) is 1. The van der Waals surface area contributed by atoms with E-state index < -0.39 is 0 Å². The van der Waals surface area contributed by atoms with Gasteiger partial charge in [0.2, 0.25) is 5.91 Å². The van der Waals surface area contributed by atoms with Crippen molar-refractivity contribution in [1.82, 2.24) is 9.80 Å². The smallest absolute Gasteiger partial charge is 0.257 e. The van der Waals surface area contributed by atoms with Gasteiger partial charge in [0.15, 0.2) is 0 Å². The number of carbonyl (C=O) groups excluding carboxylic acids is 2. The lowest BCUT2D eigenvalue weighted by Crippen LogP contribution is -2.41. The molecule has 1 aliphatic rings. The first-order valence-corrected chi connectivity index (χ1v) is 12.3. The zero-order chi connectivity index (χ0) is 22.5. The van der Waals surface area contributed by atoms with Crippen molar-refractivity contribution in [3.8, 4) is 10.4 Å². The highest BCUT2D eigenvalue weighted by Crippen LogP contribution is 2.40. The maximum absolute atomic E-state index is 13.4. The molecular formula is C24H27N3O3S2. The molecule has 168 valence electrons. The average molecular weight is 470 g/mol. The number of nitrogens with one attached hydrogen (secondary N) is 1. The molecule has 3 heterocycles. The fourth-order valence-corrected chi connectivity index (χ4v) is 5.69. The number of morpholine rings is 1. The molecule has 0 bridgehead atoms. The highest BCUT2D eigenvalue weighted by Gasteiger charge is 2.28. The highest BCUT2D eigenvalue weighted by atomic mass is 32.1. The normalized spacial score (nSPS) is 14.0. The van der Waals surface area contributed by atoms with E-state index in [0.717, 1.165) is 16.0 Å². The van der Waals surface area contributed by atoms with Gasteiger partial charge in [-0.1, -0.05) is 30.3 Å². The highest BCUT2D eigenvalue weighted by molar-refractivity contribution is 7.20. The van der Waals surface area contributed by atoms with Crippen LogP contribution in [0.25, 0.3) is 10.4 Å². The third-order valence-corrected chi connectivity index (χ3v) is 7.38. The second kappa shape index (κ2) is 10.4. The van der Waals surface area contributed by atoms with Crippen LogP contribution >= 0.6 is 22.7 Å². The Balaban J connectivity index is 1.57. The predicted molar refractivity (Wildman–Crippen MR) is 130 cm³/mol. The van der Waals surface area contributed by atoms with Crippen molar-refractivity contribution >= 4 is 39.5 Å². The molecule has 6 nitrogen and oxygen atoms in total. The Bertz CT molecular complexity index is 1060. The summed E-state index contributed by atoms with van der Waals surface area (Å²) in [6.07, 6.45) is 0. The van der Waals surface area contributed by atoms with Crippen molar-refractivity contribution in [3.63, 3.8) is 0 Å². The average Bonchev–Trinajstić information content (AvgIpc) is 3.42. The minimum Gasteiger partial charge on any atom is -0.378 e. The van der Waals surface area contributed by atoms with Gasteiger partial charge in [0.1, 0.15) is 5.00 Å². The molecule has 4 rings (SSSR count). The monoisotopic (exact) mass is 469 g/mol. The van der Waals surface area contributed by atoms with Crippen LogP contribution in [0.3, 0.4) is 0 Å². The Morgan fingerprint density at radius 1 is 1.16 bits per heavy atom. The number of rotatable bonds is 7. The second-order valence-corrected chi connectivity index (χ2v) is 9.68. The molecule has 1 saturated heterocycles. The Labute approximate surface area is 196 Å². The zero-order valence-corrected chi connectivity index (χ0v) is 19.9. The SMILES string of the molecule is Cc1c(-c2ccccc2)sc(NC(=O)CN(C)Cc2ccsc2)c1C(=O)N1CCOCC1. The van der Waals surface area contributed by atoms with Gasteiger partial charge in [0.05, 0.1) is 25.3 Å². The summed E-state index contributed by atoms with van der Waals surface area (Å²) < 4.78 is 5.41. The quantitative estimate of drug-likeness (QED) is 0.560. The van der Waals surface area contributed by atoms with Crippen LogP contribution in [-0.2, 0) is 16.1 Å². The van der Waals surface area contributed by atoms with Crippen molar-refractivity contribution in [2.75, 3.05) is 45.2 Å². The van der Waals surface area contributed by atoms with Gasteiger partial charge in [-0.3, -0.25) is 14.5 Å². The van der Waals surface area contributed by atoms with E-state index in [9.17, 15) is 9.59 Å². The minimum absolute atomic E-state index is 0.0499. The van der Waals surface area contributed by atoms with Crippen LogP contribution in [0, 0.1) is 6.92 Å². The van der Waals surface area contributed by atoms with Crippen LogP contribution in [0.2, 0.25) is 0 Å². The molecule has 0 unspecified atom stereocenters. The number of hydrogen-bond acceptors (Lipinski definition) is 6. The summed E-state index contributed by atoms with van der Waals surface area (Å²) in [5, 5.41) is 7.77. The summed E-state index contributed by atoms with van der Waals surface area (Å²) in [5.41, 5.74) is 3.72. The number of anilines is 1. The number of amides is 2. The first kappa shape index (κ1) is 22.7. The molecule has 8 heteroatoms. The maximum atomic E-state index is 13.4. The van der Waals surface area contributed by atoms with E-state index in [1.165, 1.54) is 16.9 Å². The number of benzene rings is 1. The van der Waals surface area contributed by atoms with Crippen molar-refractivity contribution < 1.29 is 14.3 Å². The van der Waals surface area contributed by atoms with Crippen LogP contribution in [-0.4, -0.2) is 61.5 Å². The standard InChI is InChI=1S/C24H27N3O3S2/c1-17-21(24(29)27-9-11-30-12-10-27)23(32-22(17)19-6-4-3-5-7-19)25-20(28)15-26(2)14-18-8-13-31-16-18/h3-8,13,16H,9-12,14-15H2,1-2H3,(H,25,28). The maximum Gasteiger partial charge on any atom is 0.257 e. The first-order valence-electron chi connectivity index (χ1n) is 10.6. The van der Waals surface area contributed by atoms with Crippen molar-refractivity contribution in [1.29, 1.82) is 0 Å². The molecule has 2 aromatic heterocycles. The van der Waals surface area contributed by atoms with Gasteiger partial charge in [-0.05, 0) is 47.5 Å². The number of ether oxygens (including phenoxy) is 1. The van der Waals surface area contributed by atoms with Crippen LogP contribution in [0.1, 0.15) is 21.5 Å². The molecule has 1 aliphatic heterocycles. The lowest BCUT2D eigenvalue weighted by molar-refractivity contribution is -0.117. The number of carbonyl (C=O) groups is 2. The lowest BCUT2D eigenvalue weighted by atomic mass is 10.1. The van der Waals surface area contributed by atoms with Gasteiger partial charge in [-0.2, -0.15) is 11.3 Å². The number of nitrogens with zero attached hydrogens (tertiary/aromatic N) is 2. The van der Waals surface area contributed by atoms with Gasteiger partial charge in [-0.25, -0.2) is 0 Å². The molecule has 0 saturated carbocycles. The predicted octanol–water partition coefficient (Wildman–Crippen LogP) is 4.33. The van der Waals surface area contributed by atoms with Crippen LogP contribution < -0.4 is 5.32 Å². The third-order valence-electron chi connectivity index (χ3n) is 5.39. The number of thiophene rings is 2. The Morgan fingerprint density at radius 3 is 2.59 bits per heavy atom. The second-order valence-electron chi connectivity index (χ2n) is 7.88. The molecule has 0 aliphatic carbocycles. The fraction of sp³-hybridized carbons (Fsp3) is 0.333. The molecule has 2 amide bonds. The summed E-state index contributed by atoms with van der Waals surface area (Å²) >= 11 is 3.11. The molecule has 0 radical (unpaired) electrons. The molecule has 1 aromatic carbocycles. The fourth-order valence-electron chi connectivity index (χ4n) is 3.81. The van der Waals surface area contributed by atoms with E-state index in [2.05, 4.69) is 16.8 Å². The van der Waals surface area contributed by atoms with Gasteiger partial charge in [0.25, 0.3) is 5.91 Å². The van der Waals surface area contributed by atoms with E-state index in [1.54, 1.807) is 11.3 Å². The van der Waals surface area contributed by atoms with E-state index in [0.29, 0.717) is 43.4 Å². The summed E-state index contributed by atoms with van der Waals surface area (Å²) in [5.74, 6) is -0.175. The summed E-state index contributed by atoms with van der Waals surface area (Å²) in [6.45, 7) is 5.11. The summed E-state index contributed by atoms with van der Waals surface area (Å²) in [4.78, 5) is 31.1. The Kier molecular flexibility index (Phi) is 7.36. The van der Waals surface area contributed by atoms with Crippen LogP contribution in [0.4, 0.5) is 5.00 Å². The van der Waals surface area contributed by atoms with Gasteiger partial charge >= 0.3 is 0 Å². The summed E-state index contributed by atoms with van der Waals surface area (Å²) in [6, 6.07) is 12.1. The molecule has 1 fully saturated rings. The Morgan fingerprint density at radius 2 is 1.91 bits per heavy atom. The minimum atomic E-state index is -0.125. The first-order chi connectivity index (χ1) is 15.5. The Hall–Kier alpha value is -2.52. The van der Waals surface area contributed by atoms with Crippen molar-refractivity contribution in [2.24, 2.45) is 0 Å². The van der Waals surface area contributed by atoms with E-state index in [1.807, 2.05) is 59.5 Å². The van der Waals surface area contributed by atoms with Gasteiger partial charge in [0, 0.05) is 24.5 Å². The molecule has 1 N–H and O–H groups in total. The van der Waals surface area contributed by atoms with E-state index in [4.69, 9.17) is 4.74 Å². The third kappa shape index (κ3) is 5.27. The molecule has 0 spiro atoms. The van der Waals surface area contributed by atoms with E-state index in [-0.39, 0.29) is 18.4 Å². The van der Waals surface area contributed by atoms with E-state index >= 15 is 0 Å². The lowest BCUT2D eigenvalue weighted by Gasteiger charge is -2.27.